The van der Waals surface area contributed by atoms with E-state index in [1.165, 1.54) is 11.3 Å². The van der Waals surface area contributed by atoms with Gasteiger partial charge in [0.25, 0.3) is 5.91 Å². The van der Waals surface area contributed by atoms with E-state index in [9.17, 15) is 9.90 Å². The summed E-state index contributed by atoms with van der Waals surface area (Å²) in [5, 5.41) is 16.9. The van der Waals surface area contributed by atoms with Gasteiger partial charge in [0, 0.05) is 50.2 Å². The molecule has 0 spiro atoms. The minimum Gasteiger partial charge on any atom is -0.492 e. The lowest BCUT2D eigenvalue weighted by Crippen LogP contribution is -2.46. The Kier molecular flexibility index (Phi) is 8.22. The smallest absolute Gasteiger partial charge is 0.251 e. The maximum atomic E-state index is 12.6. The van der Waals surface area contributed by atoms with Crippen molar-refractivity contribution in [3.63, 3.8) is 0 Å². The number of piperazine rings is 1. The van der Waals surface area contributed by atoms with E-state index in [2.05, 4.69) is 36.5 Å². The molecule has 1 amide bonds. The lowest BCUT2D eigenvalue weighted by atomic mass is 10.0. The van der Waals surface area contributed by atoms with Crippen LogP contribution in [0.5, 0.6) is 5.75 Å². The van der Waals surface area contributed by atoms with E-state index in [4.69, 9.17) is 10.5 Å². The third kappa shape index (κ3) is 6.33. The average molecular weight is 586 g/mol. The second-order valence-corrected chi connectivity index (χ2v) is 11.6. The second-order valence-electron chi connectivity index (χ2n) is 10.5. The fourth-order valence-electron chi connectivity index (χ4n) is 5.32. The number of hydrogen-bond acceptors (Lipinski definition) is 10. The molecular formula is C31H35N7O3S. The van der Waals surface area contributed by atoms with Gasteiger partial charge in [0.1, 0.15) is 18.6 Å². The number of carbonyl (C=O) groups excluding carboxylic acids is 1. The average Bonchev–Trinajstić information content (AvgIpc) is 3.38. The van der Waals surface area contributed by atoms with Crippen molar-refractivity contribution >= 4 is 50.0 Å². The summed E-state index contributed by atoms with van der Waals surface area (Å²) in [6.45, 7) is 7.28. The monoisotopic (exact) mass is 585 g/mol. The van der Waals surface area contributed by atoms with Crippen LogP contribution in [0.15, 0.2) is 60.3 Å². The Labute approximate surface area is 248 Å². The van der Waals surface area contributed by atoms with E-state index >= 15 is 0 Å². The van der Waals surface area contributed by atoms with Crippen molar-refractivity contribution in [2.45, 2.75) is 26.1 Å². The number of benzene rings is 2. The van der Waals surface area contributed by atoms with Gasteiger partial charge in [0.05, 0.1) is 28.1 Å². The molecule has 4 aromatic rings. The zero-order valence-electron chi connectivity index (χ0n) is 23.5. The van der Waals surface area contributed by atoms with Crippen LogP contribution in [0.3, 0.4) is 0 Å². The fraction of sp³-hybridized carbons (Fsp3) is 0.323. The number of fused-ring (bicyclic) bond motifs is 2. The number of rotatable bonds is 9. The lowest BCUT2D eigenvalue weighted by Gasteiger charge is -2.36. The number of carbonyl (C=O) groups is 1. The standard InChI is InChI=1S/C31H35N7O3S/c1-2-21-16-26-27(35-30(21)40)15-20(18-34-26)19-37-10-12-38(13-11-37)23-5-3-22(4-6-23)29(39)33-9-14-41-24-7-8-25-28(17-24)42-31(32)36-25/h3-8,15-18,30,35,40H,2,9-14,19H2,1H3,(H2,32,36)(H,33,39). The van der Waals surface area contributed by atoms with Crippen molar-refractivity contribution in [3.05, 3.63) is 77.1 Å². The molecule has 2 aromatic heterocycles. The molecule has 218 valence electrons. The maximum absolute atomic E-state index is 12.6. The van der Waals surface area contributed by atoms with Gasteiger partial charge < -0.3 is 31.1 Å². The van der Waals surface area contributed by atoms with Gasteiger partial charge in [0.15, 0.2) is 5.13 Å². The third-order valence-electron chi connectivity index (χ3n) is 7.65. The van der Waals surface area contributed by atoms with Crippen LogP contribution in [-0.4, -0.2) is 71.4 Å². The zero-order chi connectivity index (χ0) is 29.1. The van der Waals surface area contributed by atoms with Crippen molar-refractivity contribution in [2.75, 3.05) is 55.3 Å². The van der Waals surface area contributed by atoms with E-state index < -0.39 is 6.23 Å². The lowest BCUT2D eigenvalue weighted by molar-refractivity contribution is 0.0947. The predicted molar refractivity (Wildman–Crippen MR) is 168 cm³/mol. The number of amides is 1. The highest BCUT2D eigenvalue weighted by Crippen LogP contribution is 2.28. The summed E-state index contributed by atoms with van der Waals surface area (Å²) in [7, 11) is 0. The Bertz CT molecular complexity index is 1600. The molecule has 4 heterocycles. The fourth-order valence-corrected chi connectivity index (χ4v) is 6.08. The number of thiazole rings is 1. The molecule has 5 N–H and O–H groups in total. The Morgan fingerprint density at radius 1 is 1.17 bits per heavy atom. The van der Waals surface area contributed by atoms with E-state index in [0.717, 1.165) is 83.3 Å². The molecule has 1 atom stereocenters. The van der Waals surface area contributed by atoms with Gasteiger partial charge in [-0.3, -0.25) is 14.7 Å². The molecule has 0 saturated carbocycles. The number of aromatic nitrogens is 2. The second kappa shape index (κ2) is 12.4. The highest BCUT2D eigenvalue weighted by atomic mass is 32.1. The van der Waals surface area contributed by atoms with Crippen molar-refractivity contribution in [3.8, 4) is 5.75 Å². The summed E-state index contributed by atoms with van der Waals surface area (Å²) in [4.78, 5) is 26.3. The topological polar surface area (TPSA) is 129 Å². The summed E-state index contributed by atoms with van der Waals surface area (Å²) in [5.74, 6) is 0.603. The number of nitrogen functional groups attached to an aromatic ring is 1. The van der Waals surface area contributed by atoms with Crippen LogP contribution in [-0.2, 0) is 6.54 Å². The molecule has 2 aliphatic heterocycles. The molecule has 6 rings (SSSR count). The van der Waals surface area contributed by atoms with E-state index in [1.54, 1.807) is 0 Å². The molecule has 1 fully saturated rings. The van der Waals surface area contributed by atoms with Gasteiger partial charge in [-0.25, -0.2) is 4.98 Å². The highest BCUT2D eigenvalue weighted by Gasteiger charge is 2.21. The molecule has 2 aliphatic rings. The first-order valence-corrected chi connectivity index (χ1v) is 15.1. The van der Waals surface area contributed by atoms with Crippen LogP contribution in [0.4, 0.5) is 16.5 Å². The Balaban J connectivity index is 0.947. The largest absolute Gasteiger partial charge is 0.492 e. The van der Waals surface area contributed by atoms with E-state index in [-0.39, 0.29) is 5.91 Å². The zero-order valence-corrected chi connectivity index (χ0v) is 24.4. The van der Waals surface area contributed by atoms with E-state index in [1.807, 2.05) is 61.7 Å². The first-order chi connectivity index (χ1) is 20.4. The summed E-state index contributed by atoms with van der Waals surface area (Å²) < 4.78 is 6.76. The Hall–Kier alpha value is -4.19. The number of hydrogen-bond donors (Lipinski definition) is 4. The van der Waals surface area contributed by atoms with Gasteiger partial charge in [-0.05, 0) is 72.2 Å². The van der Waals surface area contributed by atoms with E-state index in [0.29, 0.717) is 23.8 Å². The number of ether oxygens (including phenoxy) is 1. The summed E-state index contributed by atoms with van der Waals surface area (Å²) >= 11 is 1.42. The number of nitrogens with one attached hydrogen (secondary N) is 2. The summed E-state index contributed by atoms with van der Waals surface area (Å²) in [5.41, 5.74) is 12.2. The van der Waals surface area contributed by atoms with Crippen LogP contribution in [0.1, 0.15) is 35.0 Å². The summed E-state index contributed by atoms with van der Waals surface area (Å²) in [6.07, 6.45) is 4.05. The number of nitrogens with two attached hydrogens (primary N) is 1. The quantitative estimate of drug-likeness (QED) is 0.216. The van der Waals surface area contributed by atoms with Crippen LogP contribution in [0.25, 0.3) is 16.3 Å². The molecule has 0 bridgehead atoms. The SMILES string of the molecule is CCC1=Cc2ncc(CN3CCN(c4ccc(C(=O)NCCOc5ccc6nc(N)sc6c5)cc4)CC3)cc2NC1O. The Morgan fingerprint density at radius 3 is 2.76 bits per heavy atom. The number of nitrogens with zero attached hydrogens (tertiary/aromatic N) is 4. The van der Waals surface area contributed by atoms with Crippen LogP contribution >= 0.6 is 11.3 Å². The molecule has 11 heteroatoms. The molecule has 10 nitrogen and oxygen atoms in total. The molecule has 2 aromatic carbocycles. The van der Waals surface area contributed by atoms with Crippen molar-refractivity contribution in [2.24, 2.45) is 0 Å². The van der Waals surface area contributed by atoms with Gasteiger partial charge >= 0.3 is 0 Å². The van der Waals surface area contributed by atoms with Crippen LogP contribution < -0.4 is 26.0 Å². The molecule has 1 unspecified atom stereocenters. The predicted octanol–water partition coefficient (Wildman–Crippen LogP) is 3.94. The maximum Gasteiger partial charge on any atom is 0.251 e. The van der Waals surface area contributed by atoms with Crippen molar-refractivity contribution in [1.29, 1.82) is 0 Å². The first kappa shape index (κ1) is 28.0. The van der Waals surface area contributed by atoms with Gasteiger partial charge in [-0.15, -0.1) is 0 Å². The number of aliphatic hydroxyl groups excluding tert-OH is 1. The van der Waals surface area contributed by atoms with Gasteiger partial charge in [-0.1, -0.05) is 18.3 Å². The molecule has 1 saturated heterocycles. The number of aliphatic hydroxyl groups is 1. The Morgan fingerprint density at radius 2 is 1.98 bits per heavy atom. The van der Waals surface area contributed by atoms with Crippen LogP contribution in [0.2, 0.25) is 0 Å². The molecular weight excluding hydrogens is 550 g/mol. The molecule has 0 aliphatic carbocycles. The minimum absolute atomic E-state index is 0.122. The highest BCUT2D eigenvalue weighted by molar-refractivity contribution is 7.22. The summed E-state index contributed by atoms with van der Waals surface area (Å²) in [6, 6.07) is 15.5. The normalized spacial score (nSPS) is 17.0. The third-order valence-corrected chi connectivity index (χ3v) is 8.50. The molecule has 42 heavy (non-hydrogen) atoms. The number of anilines is 3. The number of pyridine rings is 1. The minimum atomic E-state index is -0.647. The van der Waals surface area contributed by atoms with Gasteiger partial charge in [0.2, 0.25) is 0 Å². The van der Waals surface area contributed by atoms with Crippen molar-refractivity contribution < 1.29 is 14.6 Å². The first-order valence-electron chi connectivity index (χ1n) is 14.2. The molecule has 0 radical (unpaired) electrons. The van der Waals surface area contributed by atoms with Crippen molar-refractivity contribution in [1.82, 2.24) is 20.2 Å². The van der Waals surface area contributed by atoms with Crippen LogP contribution in [0, 0.1) is 0 Å². The van der Waals surface area contributed by atoms with Gasteiger partial charge in [-0.2, -0.15) is 0 Å².